The molecule has 0 saturated carbocycles. The van der Waals surface area contributed by atoms with Gasteiger partial charge in [-0.15, -0.1) is 0 Å². The van der Waals surface area contributed by atoms with E-state index in [-0.39, 0.29) is 5.91 Å². The van der Waals surface area contributed by atoms with Gasteiger partial charge in [0.1, 0.15) is 18.2 Å². The van der Waals surface area contributed by atoms with Crippen LogP contribution in [0.3, 0.4) is 0 Å². The summed E-state index contributed by atoms with van der Waals surface area (Å²) in [7, 11) is 0. The molecular formula is C25H26ClFN6O2. The van der Waals surface area contributed by atoms with E-state index in [1.54, 1.807) is 24.5 Å². The Kier molecular flexibility index (Phi) is 7.08. The van der Waals surface area contributed by atoms with Crippen molar-refractivity contribution in [2.24, 2.45) is 0 Å². The molecule has 0 unspecified atom stereocenters. The number of ether oxygens (including phenoxy) is 1. The fraction of sp³-hybridized carbons (Fsp3) is 0.320. The van der Waals surface area contributed by atoms with Gasteiger partial charge in [-0.1, -0.05) is 11.6 Å². The van der Waals surface area contributed by atoms with Gasteiger partial charge in [0.05, 0.1) is 24.1 Å². The van der Waals surface area contributed by atoms with Gasteiger partial charge in [0.2, 0.25) is 5.91 Å². The fourth-order valence-corrected chi connectivity index (χ4v) is 4.46. The predicted octanol–water partition coefficient (Wildman–Crippen LogP) is 3.70. The number of amides is 1. The van der Waals surface area contributed by atoms with Gasteiger partial charge in [0.15, 0.2) is 5.75 Å². The Morgan fingerprint density at radius 2 is 2.00 bits per heavy atom. The summed E-state index contributed by atoms with van der Waals surface area (Å²) in [6.45, 7) is 5.57. The zero-order chi connectivity index (χ0) is 24.2. The summed E-state index contributed by atoms with van der Waals surface area (Å²) < 4.78 is 20.3. The molecule has 2 aromatic heterocycles. The second-order valence-corrected chi connectivity index (χ2v) is 8.89. The van der Waals surface area contributed by atoms with Gasteiger partial charge in [0, 0.05) is 67.7 Å². The maximum absolute atomic E-state index is 14.5. The monoisotopic (exact) mass is 496 g/mol. The molecule has 3 aromatic rings. The number of benzene rings is 1. The highest BCUT2D eigenvalue weighted by molar-refractivity contribution is 6.30. The summed E-state index contributed by atoms with van der Waals surface area (Å²) in [5.74, 6) is 0.607. The number of pyridine rings is 2. The normalized spacial score (nSPS) is 15.9. The molecule has 1 aromatic carbocycles. The summed E-state index contributed by atoms with van der Waals surface area (Å²) >= 11 is 6.08. The summed E-state index contributed by atoms with van der Waals surface area (Å²) in [5.41, 5.74) is 2.36. The van der Waals surface area contributed by atoms with Gasteiger partial charge >= 0.3 is 0 Å². The van der Waals surface area contributed by atoms with Crippen LogP contribution in [0.2, 0.25) is 5.02 Å². The molecule has 0 atom stereocenters. The highest BCUT2D eigenvalue weighted by Crippen LogP contribution is 2.39. The van der Waals surface area contributed by atoms with E-state index in [1.807, 2.05) is 17.0 Å². The molecule has 8 nitrogen and oxygen atoms in total. The van der Waals surface area contributed by atoms with Crippen LogP contribution in [0, 0.1) is 5.82 Å². The van der Waals surface area contributed by atoms with E-state index >= 15 is 0 Å². The minimum Gasteiger partial charge on any atom is -0.488 e. The Morgan fingerprint density at radius 3 is 2.86 bits per heavy atom. The van der Waals surface area contributed by atoms with Gasteiger partial charge in [-0.2, -0.15) is 0 Å². The summed E-state index contributed by atoms with van der Waals surface area (Å²) in [4.78, 5) is 25.5. The van der Waals surface area contributed by atoms with Crippen LogP contribution in [0.4, 0.5) is 21.6 Å². The number of aromatic nitrogens is 2. The van der Waals surface area contributed by atoms with E-state index in [4.69, 9.17) is 16.3 Å². The number of nitrogens with zero attached hydrogens (tertiary/aromatic N) is 4. The van der Waals surface area contributed by atoms with Gasteiger partial charge in [0.25, 0.3) is 0 Å². The van der Waals surface area contributed by atoms with Crippen LogP contribution in [-0.2, 0) is 4.79 Å². The molecular weight excluding hydrogens is 471 g/mol. The maximum Gasteiger partial charge on any atom is 0.226 e. The molecule has 4 heterocycles. The number of fused-ring (bicyclic) bond motifs is 1. The first kappa shape index (κ1) is 23.5. The number of anilines is 3. The minimum absolute atomic E-state index is 0.0709. The Balaban J connectivity index is 1.34. The van der Waals surface area contributed by atoms with E-state index in [9.17, 15) is 9.18 Å². The molecule has 1 fully saturated rings. The largest absolute Gasteiger partial charge is 0.488 e. The molecule has 182 valence electrons. The van der Waals surface area contributed by atoms with Crippen LogP contribution in [0.1, 0.15) is 6.42 Å². The molecule has 5 rings (SSSR count). The number of hydrogen-bond donors (Lipinski definition) is 2. The van der Waals surface area contributed by atoms with Crippen LogP contribution < -0.4 is 20.3 Å². The van der Waals surface area contributed by atoms with E-state index in [2.05, 4.69) is 25.5 Å². The first-order valence-corrected chi connectivity index (χ1v) is 12.0. The lowest BCUT2D eigenvalue weighted by Crippen LogP contribution is -2.44. The Labute approximate surface area is 208 Å². The molecule has 2 aliphatic rings. The number of halogens is 2. The molecule has 0 spiro atoms. The zero-order valence-corrected chi connectivity index (χ0v) is 19.9. The van der Waals surface area contributed by atoms with Crippen molar-refractivity contribution in [2.75, 3.05) is 56.1 Å². The van der Waals surface area contributed by atoms with Crippen molar-refractivity contribution in [3.63, 3.8) is 0 Å². The second-order valence-electron chi connectivity index (χ2n) is 8.45. The third kappa shape index (κ3) is 5.53. The molecule has 0 radical (unpaired) electrons. The molecule has 1 amide bonds. The standard InChI is InChI=1S/C25H26ClFN6O2/c26-17-1-2-20(27)19(13-17)21-15-22-23(16-30-21)35-12-11-33(22)18-3-5-29-24(14-18)31-25(34)4-8-32-9-6-28-7-10-32/h1-3,5,13-16,28H,4,6-12H2,(H,29,31,34). The summed E-state index contributed by atoms with van der Waals surface area (Å²) in [6, 6.07) is 9.87. The average molecular weight is 497 g/mol. The molecule has 2 N–H and O–H groups in total. The van der Waals surface area contributed by atoms with Crippen molar-refractivity contribution < 1.29 is 13.9 Å². The minimum atomic E-state index is -0.403. The van der Waals surface area contributed by atoms with Crippen molar-refractivity contribution in [2.45, 2.75) is 6.42 Å². The maximum atomic E-state index is 14.5. The topological polar surface area (TPSA) is 82.6 Å². The first-order chi connectivity index (χ1) is 17.1. The van der Waals surface area contributed by atoms with Crippen LogP contribution in [-0.4, -0.2) is 66.7 Å². The van der Waals surface area contributed by atoms with Crippen molar-refractivity contribution in [3.05, 3.63) is 59.6 Å². The number of carbonyl (C=O) groups excluding carboxylic acids is 1. The van der Waals surface area contributed by atoms with Crippen LogP contribution >= 0.6 is 11.6 Å². The van der Waals surface area contributed by atoms with Crippen LogP contribution in [0.15, 0.2) is 48.8 Å². The van der Waals surface area contributed by atoms with Gasteiger partial charge in [-0.25, -0.2) is 9.37 Å². The number of carbonyl (C=O) groups is 1. The number of nitrogens with one attached hydrogen (secondary N) is 2. The third-order valence-corrected chi connectivity index (χ3v) is 6.34. The number of rotatable bonds is 6. The Morgan fingerprint density at radius 1 is 1.14 bits per heavy atom. The highest BCUT2D eigenvalue weighted by atomic mass is 35.5. The molecule has 1 saturated heterocycles. The van der Waals surface area contributed by atoms with E-state index in [0.717, 1.165) is 44.1 Å². The van der Waals surface area contributed by atoms with Crippen LogP contribution in [0.5, 0.6) is 5.75 Å². The van der Waals surface area contributed by atoms with Gasteiger partial charge < -0.3 is 25.2 Å². The van der Waals surface area contributed by atoms with Gasteiger partial charge in [-0.3, -0.25) is 9.78 Å². The predicted molar refractivity (Wildman–Crippen MR) is 134 cm³/mol. The van der Waals surface area contributed by atoms with Crippen molar-refractivity contribution in [1.82, 2.24) is 20.2 Å². The lowest BCUT2D eigenvalue weighted by atomic mass is 10.1. The molecule has 35 heavy (non-hydrogen) atoms. The SMILES string of the molecule is O=C(CCN1CCNCC1)Nc1cc(N2CCOc3cnc(-c4cc(Cl)ccc4F)cc32)ccn1. The third-order valence-electron chi connectivity index (χ3n) is 6.10. The lowest BCUT2D eigenvalue weighted by molar-refractivity contribution is -0.116. The molecule has 0 bridgehead atoms. The lowest BCUT2D eigenvalue weighted by Gasteiger charge is -2.31. The smallest absolute Gasteiger partial charge is 0.226 e. The summed E-state index contributed by atoms with van der Waals surface area (Å²) in [6.07, 6.45) is 3.67. The van der Waals surface area contributed by atoms with E-state index in [0.29, 0.717) is 47.4 Å². The quantitative estimate of drug-likeness (QED) is 0.538. The van der Waals surface area contributed by atoms with Crippen molar-refractivity contribution >= 4 is 34.7 Å². The van der Waals surface area contributed by atoms with E-state index in [1.165, 1.54) is 12.1 Å². The van der Waals surface area contributed by atoms with Gasteiger partial charge in [-0.05, 0) is 30.3 Å². The van der Waals surface area contributed by atoms with Crippen molar-refractivity contribution in [1.29, 1.82) is 0 Å². The van der Waals surface area contributed by atoms with E-state index < -0.39 is 5.82 Å². The Hall–Kier alpha value is -3.27. The van der Waals surface area contributed by atoms with Crippen LogP contribution in [0.25, 0.3) is 11.3 Å². The second kappa shape index (κ2) is 10.6. The Bertz CT molecular complexity index is 1220. The van der Waals surface area contributed by atoms with Crippen molar-refractivity contribution in [3.8, 4) is 17.0 Å². The summed E-state index contributed by atoms with van der Waals surface area (Å²) in [5, 5.41) is 6.65. The average Bonchev–Trinajstić information content (AvgIpc) is 2.89. The molecule has 10 heteroatoms. The number of piperazine rings is 1. The zero-order valence-electron chi connectivity index (χ0n) is 19.1. The molecule has 0 aliphatic carbocycles. The molecule has 2 aliphatic heterocycles. The highest BCUT2D eigenvalue weighted by Gasteiger charge is 2.22. The first-order valence-electron chi connectivity index (χ1n) is 11.6. The number of hydrogen-bond acceptors (Lipinski definition) is 7. The fourth-order valence-electron chi connectivity index (χ4n) is 4.29.